The number of hydrogen-bond acceptors (Lipinski definition) is 4. The summed E-state index contributed by atoms with van der Waals surface area (Å²) in [5.74, 6) is 0.785. The highest BCUT2D eigenvalue weighted by atomic mass is 32.2. The van der Waals surface area contributed by atoms with E-state index in [0.29, 0.717) is 11.3 Å². The molecule has 0 radical (unpaired) electrons. The van der Waals surface area contributed by atoms with Gasteiger partial charge in [0, 0.05) is 6.54 Å². The van der Waals surface area contributed by atoms with Gasteiger partial charge in [-0.25, -0.2) is 0 Å². The maximum atomic E-state index is 10.8. The molecule has 1 saturated carbocycles. The molecule has 118 valence electrons. The number of thioether (sulfide) groups is 1. The van der Waals surface area contributed by atoms with Gasteiger partial charge in [0.05, 0.1) is 5.75 Å². The molecular weight excluding hydrogens is 286 g/mol. The summed E-state index contributed by atoms with van der Waals surface area (Å²) >= 11 is 1.27. The van der Waals surface area contributed by atoms with Crippen LogP contribution in [0.1, 0.15) is 51.8 Å². The topological polar surface area (TPSA) is 68.0 Å². The maximum Gasteiger partial charge on any atom is 0.313 e. The van der Waals surface area contributed by atoms with Gasteiger partial charge >= 0.3 is 5.97 Å². The predicted octanol–water partition coefficient (Wildman–Crippen LogP) is 3.37. The van der Waals surface area contributed by atoms with E-state index in [2.05, 4.69) is 28.6 Å². The third-order valence-electron chi connectivity index (χ3n) is 4.23. The molecular formula is C15H25N3O2S. The van der Waals surface area contributed by atoms with E-state index in [1.54, 1.807) is 0 Å². The van der Waals surface area contributed by atoms with Crippen LogP contribution in [0.3, 0.4) is 0 Å². The molecule has 0 unspecified atom stereocenters. The summed E-state index contributed by atoms with van der Waals surface area (Å²) in [6.07, 6.45) is 6.32. The average Bonchev–Trinajstić information content (AvgIpc) is 2.96. The van der Waals surface area contributed by atoms with Crippen molar-refractivity contribution in [3.05, 3.63) is 5.82 Å². The highest BCUT2D eigenvalue weighted by molar-refractivity contribution is 7.99. The highest BCUT2D eigenvalue weighted by Gasteiger charge is 2.35. The molecule has 0 aliphatic heterocycles. The largest absolute Gasteiger partial charge is 0.481 e. The maximum absolute atomic E-state index is 10.8. The lowest BCUT2D eigenvalue weighted by Gasteiger charge is -2.32. The first-order valence-corrected chi connectivity index (χ1v) is 8.65. The van der Waals surface area contributed by atoms with Gasteiger partial charge < -0.3 is 9.67 Å². The molecule has 1 fully saturated rings. The highest BCUT2D eigenvalue weighted by Crippen LogP contribution is 2.45. The molecule has 0 amide bonds. The minimum atomic E-state index is -0.815. The van der Waals surface area contributed by atoms with Gasteiger partial charge in [-0.2, -0.15) is 0 Å². The summed E-state index contributed by atoms with van der Waals surface area (Å²) in [4.78, 5) is 10.8. The molecule has 2 rings (SSSR count). The summed E-state index contributed by atoms with van der Waals surface area (Å²) < 4.78 is 2.13. The number of aromatic nitrogens is 3. The summed E-state index contributed by atoms with van der Waals surface area (Å²) in [6, 6.07) is 0. The lowest BCUT2D eigenvalue weighted by Crippen LogP contribution is -2.26. The second-order valence-electron chi connectivity index (χ2n) is 6.60. The molecule has 1 aromatic rings. The first-order valence-electron chi connectivity index (χ1n) is 7.66. The van der Waals surface area contributed by atoms with Crippen LogP contribution in [0.25, 0.3) is 0 Å². The molecule has 1 aromatic heterocycles. The van der Waals surface area contributed by atoms with Crippen LogP contribution >= 0.6 is 11.8 Å². The number of nitrogens with zero attached hydrogens (tertiary/aromatic N) is 3. The normalized spacial score (nSPS) is 17.5. The summed E-state index contributed by atoms with van der Waals surface area (Å²) in [6.45, 7) is 7.43. The van der Waals surface area contributed by atoms with Gasteiger partial charge in [-0.3, -0.25) is 4.79 Å². The quantitative estimate of drug-likeness (QED) is 0.782. The van der Waals surface area contributed by atoms with E-state index in [4.69, 9.17) is 5.11 Å². The molecule has 5 nitrogen and oxygen atoms in total. The fraction of sp³-hybridized carbons (Fsp3) is 0.800. The molecule has 1 heterocycles. The lowest BCUT2D eigenvalue weighted by molar-refractivity contribution is -0.133. The van der Waals surface area contributed by atoms with Crippen LogP contribution in [0.5, 0.6) is 0 Å². The SMILES string of the molecule is Cc1nnc(SCC(=O)O)n1CC1(CC(C)C)CCCC1. The molecule has 0 aromatic carbocycles. The fourth-order valence-corrected chi connectivity index (χ4v) is 4.23. The Balaban J connectivity index is 2.16. The van der Waals surface area contributed by atoms with Crippen LogP contribution in [0.4, 0.5) is 0 Å². The van der Waals surface area contributed by atoms with Gasteiger partial charge in [0.25, 0.3) is 0 Å². The Morgan fingerprint density at radius 3 is 2.62 bits per heavy atom. The number of aryl methyl sites for hydroxylation is 1. The monoisotopic (exact) mass is 311 g/mol. The lowest BCUT2D eigenvalue weighted by atomic mass is 9.78. The van der Waals surface area contributed by atoms with E-state index in [1.807, 2.05) is 6.92 Å². The summed E-state index contributed by atoms with van der Waals surface area (Å²) in [5.41, 5.74) is 0.333. The van der Waals surface area contributed by atoms with Gasteiger partial charge in [0.15, 0.2) is 5.16 Å². The first kappa shape index (κ1) is 16.3. The van der Waals surface area contributed by atoms with Crippen molar-refractivity contribution in [2.75, 3.05) is 5.75 Å². The van der Waals surface area contributed by atoms with Gasteiger partial charge in [-0.15, -0.1) is 10.2 Å². The molecule has 0 spiro atoms. The average molecular weight is 311 g/mol. The number of carboxylic acids is 1. The van der Waals surface area contributed by atoms with E-state index >= 15 is 0 Å². The van der Waals surface area contributed by atoms with Crippen molar-refractivity contribution >= 4 is 17.7 Å². The third kappa shape index (κ3) is 4.22. The summed E-state index contributed by atoms with van der Waals surface area (Å²) in [5, 5.41) is 17.9. The minimum absolute atomic E-state index is 0.0370. The Hall–Kier alpha value is -1.04. The predicted molar refractivity (Wildman–Crippen MR) is 83.5 cm³/mol. The smallest absolute Gasteiger partial charge is 0.313 e. The van der Waals surface area contributed by atoms with Crippen LogP contribution in [-0.4, -0.2) is 31.6 Å². The van der Waals surface area contributed by atoms with E-state index in [1.165, 1.54) is 43.9 Å². The van der Waals surface area contributed by atoms with Crippen LogP contribution in [0.15, 0.2) is 5.16 Å². The number of carbonyl (C=O) groups is 1. The van der Waals surface area contributed by atoms with Crippen molar-refractivity contribution in [2.24, 2.45) is 11.3 Å². The standard InChI is InChI=1S/C15H25N3O2S/c1-11(2)8-15(6-4-5-7-15)10-18-12(3)16-17-14(18)21-9-13(19)20/h11H,4-10H2,1-3H3,(H,19,20). The van der Waals surface area contributed by atoms with Crippen molar-refractivity contribution in [2.45, 2.75) is 64.6 Å². The van der Waals surface area contributed by atoms with Crippen molar-refractivity contribution in [1.82, 2.24) is 14.8 Å². The van der Waals surface area contributed by atoms with Crippen LogP contribution in [-0.2, 0) is 11.3 Å². The number of carboxylic acid groups (broad SMARTS) is 1. The number of aliphatic carboxylic acids is 1. The molecule has 1 aliphatic rings. The zero-order chi connectivity index (χ0) is 15.5. The zero-order valence-corrected chi connectivity index (χ0v) is 13.9. The Bertz CT molecular complexity index is 493. The van der Waals surface area contributed by atoms with Crippen LogP contribution < -0.4 is 0 Å². The van der Waals surface area contributed by atoms with Gasteiger partial charge in [-0.05, 0) is 37.5 Å². The third-order valence-corrected chi connectivity index (χ3v) is 5.18. The van der Waals surface area contributed by atoms with Gasteiger partial charge in [-0.1, -0.05) is 38.5 Å². The number of hydrogen-bond donors (Lipinski definition) is 1. The van der Waals surface area contributed by atoms with E-state index in [-0.39, 0.29) is 5.75 Å². The Morgan fingerprint density at radius 1 is 1.38 bits per heavy atom. The minimum Gasteiger partial charge on any atom is -0.481 e. The van der Waals surface area contributed by atoms with Crippen molar-refractivity contribution in [1.29, 1.82) is 0 Å². The van der Waals surface area contributed by atoms with Gasteiger partial charge in [0.2, 0.25) is 0 Å². The fourth-order valence-electron chi connectivity index (χ4n) is 3.53. The Morgan fingerprint density at radius 2 is 2.05 bits per heavy atom. The van der Waals surface area contributed by atoms with Crippen LogP contribution in [0.2, 0.25) is 0 Å². The first-order chi connectivity index (χ1) is 9.92. The van der Waals surface area contributed by atoms with E-state index < -0.39 is 5.97 Å². The second-order valence-corrected chi connectivity index (χ2v) is 7.55. The van der Waals surface area contributed by atoms with Crippen molar-refractivity contribution in [3.8, 4) is 0 Å². The second kappa shape index (κ2) is 6.81. The van der Waals surface area contributed by atoms with E-state index in [0.717, 1.165) is 17.5 Å². The molecule has 0 bridgehead atoms. The van der Waals surface area contributed by atoms with E-state index in [9.17, 15) is 4.79 Å². The Labute approximate surface area is 130 Å². The zero-order valence-electron chi connectivity index (χ0n) is 13.1. The van der Waals surface area contributed by atoms with Gasteiger partial charge in [0.1, 0.15) is 5.82 Å². The molecule has 1 N–H and O–H groups in total. The Kier molecular flexibility index (Phi) is 5.30. The molecule has 1 aliphatic carbocycles. The molecule has 21 heavy (non-hydrogen) atoms. The molecule has 0 saturated heterocycles. The van der Waals surface area contributed by atoms with Crippen LogP contribution in [0, 0.1) is 18.3 Å². The summed E-state index contributed by atoms with van der Waals surface area (Å²) in [7, 11) is 0. The van der Waals surface area contributed by atoms with Crippen molar-refractivity contribution in [3.63, 3.8) is 0 Å². The number of rotatable bonds is 7. The molecule has 0 atom stereocenters. The molecule has 6 heteroatoms. The van der Waals surface area contributed by atoms with Crippen molar-refractivity contribution < 1.29 is 9.90 Å².